The maximum absolute atomic E-state index is 5.82. The third kappa shape index (κ3) is 3.38. The van der Waals surface area contributed by atoms with Crippen molar-refractivity contribution in [3.8, 4) is 0 Å². The lowest BCUT2D eigenvalue weighted by molar-refractivity contribution is -0.0529. The Bertz CT molecular complexity index is 284. The molecule has 0 aliphatic rings. The summed E-state index contributed by atoms with van der Waals surface area (Å²) in [6, 6.07) is 7.81. The van der Waals surface area contributed by atoms with Crippen LogP contribution < -0.4 is 5.73 Å². The summed E-state index contributed by atoms with van der Waals surface area (Å²) in [5.74, 6) is 0. The van der Waals surface area contributed by atoms with E-state index >= 15 is 0 Å². The SMILES string of the molecule is CC(OC(C)(C)C)c1ccc(N)cc1. The van der Waals surface area contributed by atoms with Crippen molar-refractivity contribution in [1.29, 1.82) is 0 Å². The minimum Gasteiger partial charge on any atom is -0.399 e. The van der Waals surface area contributed by atoms with E-state index in [4.69, 9.17) is 10.5 Å². The first-order valence-corrected chi connectivity index (χ1v) is 4.92. The fourth-order valence-electron chi connectivity index (χ4n) is 1.37. The molecule has 0 radical (unpaired) electrons. The van der Waals surface area contributed by atoms with E-state index in [1.165, 1.54) is 0 Å². The molecule has 1 unspecified atom stereocenters. The van der Waals surface area contributed by atoms with Gasteiger partial charge in [-0.25, -0.2) is 0 Å². The molecule has 0 heterocycles. The van der Waals surface area contributed by atoms with E-state index in [1.807, 2.05) is 24.3 Å². The van der Waals surface area contributed by atoms with Gasteiger partial charge in [0.2, 0.25) is 0 Å². The number of hydrogen-bond acceptors (Lipinski definition) is 2. The van der Waals surface area contributed by atoms with E-state index in [0.717, 1.165) is 11.3 Å². The van der Waals surface area contributed by atoms with Gasteiger partial charge in [-0.15, -0.1) is 0 Å². The van der Waals surface area contributed by atoms with Crippen LogP contribution in [-0.4, -0.2) is 5.60 Å². The molecule has 0 aliphatic carbocycles. The predicted octanol–water partition coefficient (Wildman–Crippen LogP) is 3.14. The Morgan fingerprint density at radius 3 is 2.07 bits per heavy atom. The summed E-state index contributed by atoms with van der Waals surface area (Å²) in [7, 11) is 0. The molecule has 1 aromatic carbocycles. The van der Waals surface area contributed by atoms with Crippen LogP contribution in [0.3, 0.4) is 0 Å². The van der Waals surface area contributed by atoms with Crippen molar-refractivity contribution in [2.75, 3.05) is 5.73 Å². The number of benzene rings is 1. The van der Waals surface area contributed by atoms with Gasteiger partial charge in [0.15, 0.2) is 0 Å². The highest BCUT2D eigenvalue weighted by atomic mass is 16.5. The Kier molecular flexibility index (Phi) is 3.17. The van der Waals surface area contributed by atoms with Crippen molar-refractivity contribution in [3.05, 3.63) is 29.8 Å². The zero-order valence-electron chi connectivity index (χ0n) is 9.37. The van der Waals surface area contributed by atoms with Crippen LogP contribution in [0.1, 0.15) is 39.4 Å². The van der Waals surface area contributed by atoms with E-state index in [9.17, 15) is 0 Å². The topological polar surface area (TPSA) is 35.2 Å². The minimum atomic E-state index is -0.110. The molecule has 1 atom stereocenters. The van der Waals surface area contributed by atoms with Crippen LogP contribution in [0.25, 0.3) is 0 Å². The Labute approximate surface area is 86.1 Å². The highest BCUT2D eigenvalue weighted by molar-refractivity contribution is 5.39. The second-order valence-electron chi connectivity index (χ2n) is 4.54. The lowest BCUT2D eigenvalue weighted by atomic mass is 10.1. The quantitative estimate of drug-likeness (QED) is 0.732. The van der Waals surface area contributed by atoms with Gasteiger partial charge in [-0.3, -0.25) is 0 Å². The molecule has 0 amide bonds. The molecule has 78 valence electrons. The third-order valence-corrected chi connectivity index (χ3v) is 1.94. The standard InChI is InChI=1S/C12H19NO/c1-9(14-12(2,3)4)10-5-7-11(13)8-6-10/h5-9H,13H2,1-4H3. The van der Waals surface area contributed by atoms with Crippen molar-refractivity contribution in [2.24, 2.45) is 0 Å². The van der Waals surface area contributed by atoms with Gasteiger partial charge in [-0.2, -0.15) is 0 Å². The second kappa shape index (κ2) is 4.01. The second-order valence-corrected chi connectivity index (χ2v) is 4.54. The molecule has 2 heteroatoms. The van der Waals surface area contributed by atoms with Gasteiger partial charge in [-0.1, -0.05) is 12.1 Å². The number of hydrogen-bond donors (Lipinski definition) is 1. The van der Waals surface area contributed by atoms with E-state index in [-0.39, 0.29) is 11.7 Å². The van der Waals surface area contributed by atoms with Crippen LogP contribution in [0.4, 0.5) is 5.69 Å². The highest BCUT2D eigenvalue weighted by Crippen LogP contribution is 2.23. The Morgan fingerprint density at radius 2 is 1.64 bits per heavy atom. The summed E-state index contributed by atoms with van der Waals surface area (Å²) in [5, 5.41) is 0. The summed E-state index contributed by atoms with van der Waals surface area (Å²) >= 11 is 0. The maximum atomic E-state index is 5.82. The van der Waals surface area contributed by atoms with Gasteiger partial charge in [0.25, 0.3) is 0 Å². The Balaban J connectivity index is 2.70. The van der Waals surface area contributed by atoms with Gasteiger partial charge in [0.05, 0.1) is 11.7 Å². The Hall–Kier alpha value is -1.02. The normalized spacial score (nSPS) is 14.0. The summed E-state index contributed by atoms with van der Waals surface area (Å²) in [5.41, 5.74) is 7.45. The fourth-order valence-corrected chi connectivity index (χ4v) is 1.37. The van der Waals surface area contributed by atoms with Crippen LogP contribution >= 0.6 is 0 Å². The molecular weight excluding hydrogens is 174 g/mol. The van der Waals surface area contributed by atoms with Gasteiger partial charge in [0.1, 0.15) is 0 Å². The molecular formula is C12H19NO. The molecule has 2 N–H and O–H groups in total. The monoisotopic (exact) mass is 193 g/mol. The molecule has 2 nitrogen and oxygen atoms in total. The van der Waals surface area contributed by atoms with Gasteiger partial charge >= 0.3 is 0 Å². The molecule has 1 aromatic rings. The number of ether oxygens (including phenoxy) is 1. The van der Waals surface area contributed by atoms with E-state index in [0.29, 0.717) is 0 Å². The van der Waals surface area contributed by atoms with Crippen LogP contribution in [0.2, 0.25) is 0 Å². The molecule has 0 aliphatic heterocycles. The largest absolute Gasteiger partial charge is 0.399 e. The Morgan fingerprint density at radius 1 is 1.14 bits per heavy atom. The zero-order valence-corrected chi connectivity index (χ0v) is 9.37. The van der Waals surface area contributed by atoms with Gasteiger partial charge < -0.3 is 10.5 Å². The summed E-state index contributed by atoms with van der Waals surface area (Å²) in [4.78, 5) is 0. The minimum absolute atomic E-state index is 0.107. The first-order valence-electron chi connectivity index (χ1n) is 4.92. The number of rotatable bonds is 2. The number of nitrogen functional groups attached to an aromatic ring is 1. The van der Waals surface area contributed by atoms with Crippen molar-refractivity contribution in [2.45, 2.75) is 39.4 Å². The average Bonchev–Trinajstić information content (AvgIpc) is 2.02. The van der Waals surface area contributed by atoms with Crippen molar-refractivity contribution >= 4 is 5.69 Å². The molecule has 0 saturated heterocycles. The zero-order chi connectivity index (χ0) is 10.8. The fraction of sp³-hybridized carbons (Fsp3) is 0.500. The summed E-state index contributed by atoms with van der Waals surface area (Å²) in [6.45, 7) is 8.22. The molecule has 0 saturated carbocycles. The lowest BCUT2D eigenvalue weighted by Gasteiger charge is -2.25. The average molecular weight is 193 g/mol. The van der Waals surface area contributed by atoms with E-state index in [1.54, 1.807) is 0 Å². The molecule has 0 fully saturated rings. The number of nitrogens with two attached hydrogens (primary N) is 1. The van der Waals surface area contributed by atoms with E-state index < -0.39 is 0 Å². The van der Waals surface area contributed by atoms with Crippen LogP contribution in [0.5, 0.6) is 0 Å². The van der Waals surface area contributed by atoms with E-state index in [2.05, 4.69) is 27.7 Å². The van der Waals surface area contributed by atoms with Gasteiger partial charge in [0, 0.05) is 5.69 Å². The maximum Gasteiger partial charge on any atom is 0.0803 e. The summed E-state index contributed by atoms with van der Waals surface area (Å²) < 4.78 is 5.82. The lowest BCUT2D eigenvalue weighted by Crippen LogP contribution is -2.21. The van der Waals surface area contributed by atoms with Crippen LogP contribution in [-0.2, 0) is 4.74 Å². The number of anilines is 1. The highest BCUT2D eigenvalue weighted by Gasteiger charge is 2.16. The van der Waals surface area contributed by atoms with Crippen LogP contribution in [0, 0.1) is 0 Å². The third-order valence-electron chi connectivity index (χ3n) is 1.94. The summed E-state index contributed by atoms with van der Waals surface area (Å²) in [6.07, 6.45) is 0.107. The molecule has 14 heavy (non-hydrogen) atoms. The van der Waals surface area contributed by atoms with Crippen molar-refractivity contribution in [3.63, 3.8) is 0 Å². The molecule has 0 bridgehead atoms. The molecule has 0 aromatic heterocycles. The first-order chi connectivity index (χ1) is 6.38. The molecule has 1 rings (SSSR count). The van der Waals surface area contributed by atoms with Gasteiger partial charge in [-0.05, 0) is 45.4 Å². The smallest absolute Gasteiger partial charge is 0.0803 e. The molecule has 0 spiro atoms. The van der Waals surface area contributed by atoms with Crippen molar-refractivity contribution in [1.82, 2.24) is 0 Å². The van der Waals surface area contributed by atoms with Crippen LogP contribution in [0.15, 0.2) is 24.3 Å². The first kappa shape index (κ1) is 11.1. The predicted molar refractivity (Wildman–Crippen MR) is 60.1 cm³/mol. The van der Waals surface area contributed by atoms with Crippen molar-refractivity contribution < 1.29 is 4.74 Å².